The lowest BCUT2D eigenvalue weighted by Gasteiger charge is -2.30. The summed E-state index contributed by atoms with van der Waals surface area (Å²) in [7, 11) is -3.54. The van der Waals surface area contributed by atoms with E-state index in [4.69, 9.17) is 9.52 Å². The minimum absolute atomic E-state index is 0.0664. The number of nitrogens with zero attached hydrogens (tertiary/aromatic N) is 1. The van der Waals surface area contributed by atoms with Gasteiger partial charge in [-0.3, -0.25) is 0 Å². The standard InChI is InChI=1S/C12H19NO4S/c1-2-10-4-3-7-13(8-10)18(15,16)12-6-5-11(9-14)17-12/h5-6,10,14H,2-4,7-9H2,1H3. The molecule has 0 amide bonds. The minimum Gasteiger partial charge on any atom is -0.446 e. The molecule has 1 fully saturated rings. The van der Waals surface area contributed by atoms with Crippen LogP contribution in [0.5, 0.6) is 0 Å². The molecule has 1 unspecified atom stereocenters. The maximum absolute atomic E-state index is 12.3. The second-order valence-corrected chi connectivity index (χ2v) is 6.53. The molecule has 0 aromatic carbocycles. The zero-order valence-electron chi connectivity index (χ0n) is 10.5. The molecule has 1 N–H and O–H groups in total. The molecule has 102 valence electrons. The van der Waals surface area contributed by atoms with Gasteiger partial charge in [-0.05, 0) is 30.9 Å². The highest BCUT2D eigenvalue weighted by Gasteiger charge is 2.31. The molecule has 0 radical (unpaired) electrons. The van der Waals surface area contributed by atoms with Crippen LogP contribution in [0, 0.1) is 5.92 Å². The monoisotopic (exact) mass is 273 g/mol. The molecule has 0 bridgehead atoms. The highest BCUT2D eigenvalue weighted by molar-refractivity contribution is 7.89. The first-order valence-corrected chi connectivity index (χ1v) is 7.71. The van der Waals surface area contributed by atoms with Crippen LogP contribution in [0.1, 0.15) is 31.9 Å². The molecule has 0 aliphatic carbocycles. The molecule has 2 heterocycles. The van der Waals surface area contributed by atoms with E-state index in [1.165, 1.54) is 16.4 Å². The zero-order valence-corrected chi connectivity index (χ0v) is 11.3. The van der Waals surface area contributed by atoms with Crippen molar-refractivity contribution in [3.8, 4) is 0 Å². The van der Waals surface area contributed by atoms with Gasteiger partial charge in [0.1, 0.15) is 12.4 Å². The Kier molecular flexibility index (Phi) is 4.09. The maximum atomic E-state index is 12.3. The van der Waals surface area contributed by atoms with E-state index in [-0.39, 0.29) is 17.5 Å². The van der Waals surface area contributed by atoms with Crippen molar-refractivity contribution in [3.05, 3.63) is 17.9 Å². The van der Waals surface area contributed by atoms with Gasteiger partial charge in [-0.1, -0.05) is 13.3 Å². The zero-order chi connectivity index (χ0) is 13.2. The predicted molar refractivity (Wildman–Crippen MR) is 66.4 cm³/mol. The number of rotatable bonds is 4. The Morgan fingerprint density at radius 1 is 1.50 bits per heavy atom. The molecule has 1 aromatic rings. The first-order chi connectivity index (χ1) is 8.57. The summed E-state index contributed by atoms with van der Waals surface area (Å²) in [5.74, 6) is 0.707. The van der Waals surface area contributed by atoms with E-state index in [0.29, 0.717) is 19.0 Å². The number of hydrogen-bond donors (Lipinski definition) is 1. The smallest absolute Gasteiger partial charge is 0.276 e. The van der Waals surface area contributed by atoms with E-state index in [1.807, 2.05) is 0 Å². The van der Waals surface area contributed by atoms with Crippen molar-refractivity contribution < 1.29 is 17.9 Å². The van der Waals surface area contributed by atoms with Crippen LogP contribution in [0.25, 0.3) is 0 Å². The number of aliphatic hydroxyl groups excluding tert-OH is 1. The molecule has 1 aromatic heterocycles. The van der Waals surface area contributed by atoms with Crippen molar-refractivity contribution in [2.75, 3.05) is 13.1 Å². The van der Waals surface area contributed by atoms with E-state index in [0.717, 1.165) is 19.3 Å². The molecule has 18 heavy (non-hydrogen) atoms. The summed E-state index contributed by atoms with van der Waals surface area (Å²) in [6.45, 7) is 2.91. The van der Waals surface area contributed by atoms with Crippen molar-refractivity contribution in [2.45, 2.75) is 37.9 Å². The normalized spacial score (nSPS) is 22.2. The highest BCUT2D eigenvalue weighted by atomic mass is 32.2. The van der Waals surface area contributed by atoms with Crippen LogP contribution >= 0.6 is 0 Å². The fourth-order valence-electron chi connectivity index (χ4n) is 2.29. The van der Waals surface area contributed by atoms with Gasteiger partial charge in [-0.25, -0.2) is 8.42 Å². The van der Waals surface area contributed by atoms with Crippen molar-refractivity contribution in [1.82, 2.24) is 4.31 Å². The molecular weight excluding hydrogens is 254 g/mol. The van der Waals surface area contributed by atoms with Gasteiger partial charge in [0.05, 0.1) is 0 Å². The number of furan rings is 1. The third kappa shape index (κ3) is 2.60. The van der Waals surface area contributed by atoms with Crippen LogP contribution in [0.3, 0.4) is 0 Å². The largest absolute Gasteiger partial charge is 0.446 e. The highest BCUT2D eigenvalue weighted by Crippen LogP contribution is 2.26. The molecule has 1 aliphatic rings. The molecule has 0 saturated carbocycles. The van der Waals surface area contributed by atoms with Crippen LogP contribution in [-0.2, 0) is 16.6 Å². The van der Waals surface area contributed by atoms with Gasteiger partial charge in [0.2, 0.25) is 5.09 Å². The summed E-state index contributed by atoms with van der Waals surface area (Å²) in [6, 6.07) is 2.91. The Morgan fingerprint density at radius 2 is 2.28 bits per heavy atom. The fraction of sp³-hybridized carbons (Fsp3) is 0.667. The molecule has 2 rings (SSSR count). The van der Waals surface area contributed by atoms with Crippen molar-refractivity contribution in [3.63, 3.8) is 0 Å². The number of piperidine rings is 1. The van der Waals surface area contributed by atoms with Gasteiger partial charge < -0.3 is 9.52 Å². The van der Waals surface area contributed by atoms with Gasteiger partial charge in [-0.15, -0.1) is 0 Å². The number of hydrogen-bond acceptors (Lipinski definition) is 4. The maximum Gasteiger partial charge on any atom is 0.276 e. The lowest BCUT2D eigenvalue weighted by molar-refractivity contribution is 0.230. The van der Waals surface area contributed by atoms with Gasteiger partial charge >= 0.3 is 0 Å². The third-order valence-corrected chi connectivity index (χ3v) is 5.19. The Balaban J connectivity index is 2.19. The van der Waals surface area contributed by atoms with Crippen molar-refractivity contribution in [1.29, 1.82) is 0 Å². The average molecular weight is 273 g/mol. The molecule has 1 atom stereocenters. The third-order valence-electron chi connectivity index (χ3n) is 3.45. The van der Waals surface area contributed by atoms with Gasteiger partial charge in [0.15, 0.2) is 0 Å². The summed E-state index contributed by atoms with van der Waals surface area (Å²) in [4.78, 5) is 0. The van der Waals surface area contributed by atoms with E-state index in [1.54, 1.807) is 0 Å². The van der Waals surface area contributed by atoms with Crippen LogP contribution in [0.2, 0.25) is 0 Å². The summed E-state index contributed by atoms with van der Waals surface area (Å²) in [5.41, 5.74) is 0. The predicted octanol–water partition coefficient (Wildman–Crippen LogP) is 1.58. The van der Waals surface area contributed by atoms with Crippen LogP contribution in [0.4, 0.5) is 0 Å². The molecule has 6 heteroatoms. The Bertz CT molecular complexity index is 494. The number of sulfonamides is 1. The van der Waals surface area contributed by atoms with Gasteiger partial charge in [0.25, 0.3) is 10.0 Å². The van der Waals surface area contributed by atoms with E-state index in [9.17, 15) is 8.42 Å². The Morgan fingerprint density at radius 3 is 2.89 bits per heavy atom. The van der Waals surface area contributed by atoms with Crippen LogP contribution < -0.4 is 0 Å². The topological polar surface area (TPSA) is 70.8 Å². The molecule has 5 nitrogen and oxygen atoms in total. The second kappa shape index (κ2) is 5.42. The van der Waals surface area contributed by atoms with Gasteiger partial charge in [-0.2, -0.15) is 4.31 Å². The Hall–Kier alpha value is -0.850. The Labute approximate surface area is 107 Å². The van der Waals surface area contributed by atoms with Crippen molar-refractivity contribution in [2.24, 2.45) is 5.92 Å². The van der Waals surface area contributed by atoms with E-state index < -0.39 is 10.0 Å². The number of aliphatic hydroxyl groups is 1. The summed E-state index contributed by atoms with van der Waals surface area (Å²) >= 11 is 0. The fourth-order valence-corrected chi connectivity index (χ4v) is 3.77. The summed E-state index contributed by atoms with van der Waals surface area (Å²) in [6.07, 6.45) is 2.97. The summed E-state index contributed by atoms with van der Waals surface area (Å²) in [5, 5.41) is 8.84. The average Bonchev–Trinajstić information content (AvgIpc) is 2.88. The second-order valence-electron chi connectivity index (χ2n) is 4.66. The molecule has 1 aliphatic heterocycles. The first kappa shape index (κ1) is 13.6. The van der Waals surface area contributed by atoms with E-state index in [2.05, 4.69) is 6.92 Å². The van der Waals surface area contributed by atoms with E-state index >= 15 is 0 Å². The molecular formula is C12H19NO4S. The first-order valence-electron chi connectivity index (χ1n) is 6.27. The molecule has 0 spiro atoms. The lowest BCUT2D eigenvalue weighted by Crippen LogP contribution is -2.39. The lowest BCUT2D eigenvalue weighted by atomic mass is 9.97. The quantitative estimate of drug-likeness (QED) is 0.904. The molecule has 1 saturated heterocycles. The minimum atomic E-state index is -3.54. The SMILES string of the molecule is CCC1CCCN(S(=O)(=O)c2ccc(CO)o2)C1. The van der Waals surface area contributed by atoms with Gasteiger partial charge in [0, 0.05) is 13.1 Å². The van der Waals surface area contributed by atoms with Crippen LogP contribution in [0.15, 0.2) is 21.6 Å². The van der Waals surface area contributed by atoms with Crippen LogP contribution in [-0.4, -0.2) is 30.9 Å². The summed E-state index contributed by atoms with van der Waals surface area (Å²) < 4.78 is 31.3. The van der Waals surface area contributed by atoms with Crippen molar-refractivity contribution >= 4 is 10.0 Å².